The zero-order valence-corrected chi connectivity index (χ0v) is 15.8. The van der Waals surface area contributed by atoms with Crippen LogP contribution in [0.1, 0.15) is 62.4 Å². The lowest BCUT2D eigenvalue weighted by Gasteiger charge is -2.43. The van der Waals surface area contributed by atoms with E-state index in [1.807, 2.05) is 12.1 Å². The number of hydrogen-bond donors (Lipinski definition) is 3. The summed E-state index contributed by atoms with van der Waals surface area (Å²) < 4.78 is 0. The topological polar surface area (TPSA) is 79.5 Å². The Morgan fingerprint density at radius 1 is 1.24 bits per heavy atom. The molecule has 1 amide bonds. The third-order valence-electron chi connectivity index (χ3n) is 4.89. The molecule has 1 aromatic carbocycles. The highest BCUT2D eigenvalue weighted by molar-refractivity contribution is 5.92. The molecule has 0 aliphatic heterocycles. The third kappa shape index (κ3) is 5.76. The van der Waals surface area contributed by atoms with Crippen molar-refractivity contribution in [3.63, 3.8) is 0 Å². The first-order chi connectivity index (χ1) is 11.9. The molecule has 0 aromatic heterocycles. The monoisotopic (exact) mass is 344 g/mol. The van der Waals surface area contributed by atoms with Crippen molar-refractivity contribution in [1.82, 2.24) is 10.6 Å². The fourth-order valence-electron chi connectivity index (χ4n) is 3.55. The van der Waals surface area contributed by atoms with Crippen LogP contribution in [0.4, 0.5) is 0 Å². The van der Waals surface area contributed by atoms with Gasteiger partial charge in [-0.25, -0.2) is 4.99 Å². The van der Waals surface area contributed by atoms with Crippen molar-refractivity contribution in [1.29, 1.82) is 0 Å². The highest BCUT2D eigenvalue weighted by Crippen LogP contribution is 2.45. The van der Waals surface area contributed by atoms with Crippen molar-refractivity contribution in [2.75, 3.05) is 13.1 Å². The highest BCUT2D eigenvalue weighted by Gasteiger charge is 2.37. The van der Waals surface area contributed by atoms with Gasteiger partial charge >= 0.3 is 0 Å². The second kappa shape index (κ2) is 8.88. The molecular weight excluding hydrogens is 312 g/mol. The number of carbonyl (C=O) groups excluding carboxylic acids is 1. The van der Waals surface area contributed by atoms with Gasteiger partial charge in [-0.15, -0.1) is 0 Å². The van der Waals surface area contributed by atoms with E-state index in [2.05, 4.69) is 36.4 Å². The van der Waals surface area contributed by atoms with E-state index in [1.165, 1.54) is 25.7 Å². The molecule has 1 aromatic rings. The summed E-state index contributed by atoms with van der Waals surface area (Å²) in [4.78, 5) is 15.8. The first kappa shape index (κ1) is 19.3. The van der Waals surface area contributed by atoms with Gasteiger partial charge in [0.25, 0.3) is 0 Å². The summed E-state index contributed by atoms with van der Waals surface area (Å²) in [5.74, 6) is 1.18. The van der Waals surface area contributed by atoms with Crippen molar-refractivity contribution < 1.29 is 4.79 Å². The van der Waals surface area contributed by atoms with E-state index in [4.69, 9.17) is 5.73 Å². The van der Waals surface area contributed by atoms with Crippen molar-refractivity contribution in [2.45, 2.75) is 53.0 Å². The highest BCUT2D eigenvalue weighted by atomic mass is 16.1. The van der Waals surface area contributed by atoms with Crippen LogP contribution in [0.25, 0.3) is 0 Å². The van der Waals surface area contributed by atoms with Gasteiger partial charge in [-0.2, -0.15) is 0 Å². The summed E-state index contributed by atoms with van der Waals surface area (Å²) in [6.07, 6.45) is 5.24. The molecule has 1 fully saturated rings. The molecule has 0 unspecified atom stereocenters. The molecule has 4 N–H and O–H groups in total. The van der Waals surface area contributed by atoms with E-state index < -0.39 is 5.91 Å². The number of nitrogens with zero attached hydrogens (tertiary/aromatic N) is 1. The Labute approximate surface area is 151 Å². The number of nitrogens with one attached hydrogen (secondary N) is 2. The summed E-state index contributed by atoms with van der Waals surface area (Å²) in [5.41, 5.74) is 7.29. The molecular formula is C20H32N4O. The van der Waals surface area contributed by atoms with Crippen LogP contribution in [0.5, 0.6) is 0 Å². The van der Waals surface area contributed by atoms with Crippen LogP contribution >= 0.6 is 0 Å². The normalized spacial score (nSPS) is 16.4. The van der Waals surface area contributed by atoms with Crippen LogP contribution < -0.4 is 16.4 Å². The maximum absolute atomic E-state index is 11.1. The summed E-state index contributed by atoms with van der Waals surface area (Å²) in [7, 11) is 0. The number of aliphatic imine (C=N–C) groups is 1. The Balaban J connectivity index is 1.94. The minimum absolute atomic E-state index is 0.402. The van der Waals surface area contributed by atoms with Crippen LogP contribution in [-0.4, -0.2) is 25.0 Å². The van der Waals surface area contributed by atoms with Gasteiger partial charge < -0.3 is 16.4 Å². The predicted octanol–water partition coefficient (Wildman–Crippen LogP) is 3.06. The van der Waals surface area contributed by atoms with Crippen LogP contribution in [0.3, 0.4) is 0 Å². The lowest BCUT2D eigenvalue weighted by atomic mass is 9.64. The molecule has 1 saturated carbocycles. The third-order valence-corrected chi connectivity index (χ3v) is 4.89. The van der Waals surface area contributed by atoms with E-state index in [0.717, 1.165) is 30.5 Å². The first-order valence-corrected chi connectivity index (χ1v) is 9.35. The largest absolute Gasteiger partial charge is 0.366 e. The maximum atomic E-state index is 11.1. The van der Waals surface area contributed by atoms with Gasteiger partial charge in [0.2, 0.25) is 5.91 Å². The zero-order valence-electron chi connectivity index (χ0n) is 15.8. The van der Waals surface area contributed by atoms with Crippen molar-refractivity contribution in [3.8, 4) is 0 Å². The van der Waals surface area contributed by atoms with Gasteiger partial charge in [-0.3, -0.25) is 4.79 Å². The smallest absolute Gasteiger partial charge is 0.248 e. The predicted molar refractivity (Wildman–Crippen MR) is 104 cm³/mol. The van der Waals surface area contributed by atoms with Crippen LogP contribution in [0.2, 0.25) is 0 Å². The first-order valence-electron chi connectivity index (χ1n) is 9.35. The molecule has 2 rings (SSSR count). The average molecular weight is 345 g/mol. The molecule has 0 heterocycles. The Morgan fingerprint density at radius 3 is 2.40 bits per heavy atom. The zero-order chi connectivity index (χ0) is 18.3. The molecule has 0 radical (unpaired) electrons. The molecule has 138 valence electrons. The van der Waals surface area contributed by atoms with E-state index in [-0.39, 0.29) is 0 Å². The van der Waals surface area contributed by atoms with Crippen LogP contribution in [0, 0.1) is 11.3 Å². The maximum Gasteiger partial charge on any atom is 0.248 e. The lowest BCUT2D eigenvalue weighted by Crippen LogP contribution is -2.47. The fourth-order valence-corrected chi connectivity index (χ4v) is 3.55. The Hall–Kier alpha value is -2.04. The number of guanidine groups is 1. The number of rotatable bonds is 8. The molecule has 0 bridgehead atoms. The van der Waals surface area contributed by atoms with Crippen molar-refractivity contribution >= 4 is 11.9 Å². The number of primary amides is 1. The second-order valence-electron chi connectivity index (χ2n) is 7.56. The van der Waals surface area contributed by atoms with Crippen LogP contribution in [-0.2, 0) is 6.54 Å². The summed E-state index contributed by atoms with van der Waals surface area (Å²) in [5, 5.41) is 6.85. The molecule has 1 aliphatic rings. The SMILES string of the molecule is CCNC(=NCc1ccc(C(N)=O)cc1)NCC1(CC(C)C)CCC1. The Kier molecular flexibility index (Phi) is 6.85. The van der Waals surface area contributed by atoms with Gasteiger partial charge in [-0.05, 0) is 55.2 Å². The van der Waals surface area contributed by atoms with Gasteiger partial charge in [0, 0.05) is 18.7 Å². The van der Waals surface area contributed by atoms with Gasteiger partial charge in [0.15, 0.2) is 5.96 Å². The molecule has 25 heavy (non-hydrogen) atoms. The quantitative estimate of drug-likeness (QED) is 0.501. The van der Waals surface area contributed by atoms with E-state index in [0.29, 0.717) is 17.5 Å². The van der Waals surface area contributed by atoms with E-state index in [9.17, 15) is 4.79 Å². The minimum Gasteiger partial charge on any atom is -0.366 e. The van der Waals surface area contributed by atoms with Crippen molar-refractivity contribution in [2.24, 2.45) is 22.1 Å². The van der Waals surface area contributed by atoms with E-state index >= 15 is 0 Å². The molecule has 1 aliphatic carbocycles. The molecule has 0 atom stereocenters. The number of nitrogens with two attached hydrogens (primary N) is 1. The Bertz CT molecular complexity index is 588. The molecule has 0 spiro atoms. The molecule has 0 saturated heterocycles. The Morgan fingerprint density at radius 2 is 1.92 bits per heavy atom. The number of amides is 1. The fraction of sp³-hybridized carbons (Fsp3) is 0.600. The summed E-state index contributed by atoms with van der Waals surface area (Å²) in [6, 6.07) is 7.30. The van der Waals surface area contributed by atoms with Crippen LogP contribution in [0.15, 0.2) is 29.3 Å². The number of carbonyl (C=O) groups is 1. The standard InChI is InChI=1S/C20H32N4O/c1-4-22-19(24-14-20(10-5-11-20)12-15(2)3)23-13-16-6-8-17(9-7-16)18(21)25/h6-9,15H,4-5,10-14H2,1-3H3,(H2,21,25)(H2,22,23,24). The molecule has 5 heteroatoms. The lowest BCUT2D eigenvalue weighted by molar-refractivity contribution is 0.1000. The van der Waals surface area contributed by atoms with Crippen molar-refractivity contribution in [3.05, 3.63) is 35.4 Å². The van der Waals surface area contributed by atoms with E-state index in [1.54, 1.807) is 12.1 Å². The average Bonchev–Trinajstić information content (AvgIpc) is 2.54. The van der Waals surface area contributed by atoms with Gasteiger partial charge in [0.1, 0.15) is 0 Å². The van der Waals surface area contributed by atoms with Gasteiger partial charge in [0.05, 0.1) is 6.54 Å². The number of hydrogen-bond acceptors (Lipinski definition) is 2. The second-order valence-corrected chi connectivity index (χ2v) is 7.56. The van der Waals surface area contributed by atoms with Gasteiger partial charge in [-0.1, -0.05) is 32.4 Å². The number of benzene rings is 1. The minimum atomic E-state index is -0.402. The summed E-state index contributed by atoms with van der Waals surface area (Å²) in [6.45, 7) is 9.07. The summed E-state index contributed by atoms with van der Waals surface area (Å²) >= 11 is 0. The molecule has 5 nitrogen and oxygen atoms in total.